The van der Waals surface area contributed by atoms with Gasteiger partial charge in [0.05, 0.1) is 6.04 Å². The Morgan fingerprint density at radius 3 is 2.71 bits per heavy atom. The van der Waals surface area contributed by atoms with Gasteiger partial charge in [0, 0.05) is 29.4 Å². The Balaban J connectivity index is 2.15. The third kappa shape index (κ3) is 2.68. The van der Waals surface area contributed by atoms with E-state index in [0.29, 0.717) is 12.8 Å². The minimum atomic E-state index is -0.922. The Morgan fingerprint density at radius 2 is 2.04 bits per heavy atom. The van der Waals surface area contributed by atoms with Gasteiger partial charge in [-0.1, -0.05) is 44.9 Å². The Hall–Kier alpha value is -2.30. The number of aromatic amines is 1. The maximum atomic E-state index is 12.5. The minimum absolute atomic E-state index is 0.0900. The first-order valence-corrected chi connectivity index (χ1v) is 8.71. The predicted octanol–water partition coefficient (Wildman–Crippen LogP) is 3.65. The van der Waals surface area contributed by atoms with Crippen molar-refractivity contribution >= 4 is 22.8 Å². The number of aromatic nitrogens is 1. The molecule has 0 bridgehead atoms. The fourth-order valence-electron chi connectivity index (χ4n) is 3.79. The number of aliphatic carboxylic acids is 1. The third-order valence-corrected chi connectivity index (χ3v) is 4.96. The summed E-state index contributed by atoms with van der Waals surface area (Å²) < 4.78 is 0. The van der Waals surface area contributed by atoms with Crippen molar-refractivity contribution in [3.8, 4) is 0 Å². The Morgan fingerprint density at radius 1 is 1.29 bits per heavy atom. The van der Waals surface area contributed by atoms with Gasteiger partial charge in [0.25, 0.3) is 0 Å². The van der Waals surface area contributed by atoms with Crippen LogP contribution in [0.3, 0.4) is 0 Å². The number of hydrogen-bond acceptors (Lipinski definition) is 2. The molecule has 1 amide bonds. The van der Waals surface area contributed by atoms with Crippen LogP contribution in [-0.2, 0) is 16.0 Å². The van der Waals surface area contributed by atoms with Crippen molar-refractivity contribution in [2.45, 2.75) is 58.0 Å². The quantitative estimate of drug-likeness (QED) is 0.880. The fraction of sp³-hybridized carbons (Fsp3) is 0.474. The molecule has 1 aromatic heterocycles. The Kier molecular flexibility index (Phi) is 4.60. The van der Waals surface area contributed by atoms with Crippen LogP contribution in [0, 0.1) is 0 Å². The molecular formula is C19H24N2O3. The second kappa shape index (κ2) is 6.67. The molecular weight excluding hydrogens is 304 g/mol. The van der Waals surface area contributed by atoms with Gasteiger partial charge < -0.3 is 15.0 Å². The molecule has 128 valence electrons. The molecule has 5 heteroatoms. The Bertz CT molecular complexity index is 765. The summed E-state index contributed by atoms with van der Waals surface area (Å²) >= 11 is 0. The molecule has 2 heterocycles. The van der Waals surface area contributed by atoms with Gasteiger partial charge in [0.1, 0.15) is 6.04 Å². The van der Waals surface area contributed by atoms with Gasteiger partial charge in [-0.05, 0) is 18.1 Å². The molecule has 0 radical (unpaired) electrons. The number of H-pyrrole nitrogens is 1. The number of benzene rings is 1. The molecule has 0 saturated carbocycles. The van der Waals surface area contributed by atoms with Crippen molar-refractivity contribution in [1.29, 1.82) is 0 Å². The highest BCUT2D eigenvalue weighted by molar-refractivity contribution is 5.89. The van der Waals surface area contributed by atoms with E-state index in [-0.39, 0.29) is 11.9 Å². The predicted molar refractivity (Wildman–Crippen MR) is 92.8 cm³/mol. The molecule has 1 aliphatic rings. The van der Waals surface area contributed by atoms with Gasteiger partial charge in [-0.15, -0.1) is 0 Å². The SMILES string of the molecule is CCCC[C@@H]1c2[nH]c3ccccc3c2C[C@@H](C(=O)O)N1C(=O)CC. The van der Waals surface area contributed by atoms with E-state index in [9.17, 15) is 14.7 Å². The first-order chi connectivity index (χ1) is 11.6. The van der Waals surface area contributed by atoms with Crippen LogP contribution in [-0.4, -0.2) is 32.9 Å². The number of carboxylic acid groups (broad SMARTS) is 1. The lowest BCUT2D eigenvalue weighted by Crippen LogP contribution is -2.51. The third-order valence-electron chi connectivity index (χ3n) is 4.96. The van der Waals surface area contributed by atoms with E-state index in [4.69, 9.17) is 0 Å². The van der Waals surface area contributed by atoms with Crippen LogP contribution in [0.4, 0.5) is 0 Å². The van der Waals surface area contributed by atoms with Crippen LogP contribution < -0.4 is 0 Å². The Labute approximate surface area is 141 Å². The van der Waals surface area contributed by atoms with Crippen molar-refractivity contribution in [3.05, 3.63) is 35.5 Å². The molecule has 2 atom stereocenters. The molecule has 0 aliphatic carbocycles. The maximum absolute atomic E-state index is 12.5. The lowest BCUT2D eigenvalue weighted by atomic mass is 9.89. The number of hydrogen-bond donors (Lipinski definition) is 2. The average molecular weight is 328 g/mol. The average Bonchev–Trinajstić information content (AvgIpc) is 2.96. The molecule has 1 aliphatic heterocycles. The largest absolute Gasteiger partial charge is 0.480 e. The summed E-state index contributed by atoms with van der Waals surface area (Å²) in [6, 6.07) is 7.00. The molecule has 2 N–H and O–H groups in total. The van der Waals surface area contributed by atoms with Crippen molar-refractivity contribution in [2.24, 2.45) is 0 Å². The van der Waals surface area contributed by atoms with Crippen LogP contribution in [0.2, 0.25) is 0 Å². The lowest BCUT2D eigenvalue weighted by Gasteiger charge is -2.40. The van der Waals surface area contributed by atoms with Crippen LogP contribution in [0.5, 0.6) is 0 Å². The summed E-state index contributed by atoms with van der Waals surface area (Å²) in [5.41, 5.74) is 3.09. The van der Waals surface area contributed by atoms with Gasteiger partial charge in [0.15, 0.2) is 0 Å². The molecule has 0 fully saturated rings. The summed E-state index contributed by atoms with van der Waals surface area (Å²) in [6.07, 6.45) is 3.44. The molecule has 1 aromatic carbocycles. The van der Waals surface area contributed by atoms with E-state index in [1.54, 1.807) is 11.8 Å². The monoisotopic (exact) mass is 328 g/mol. The highest BCUT2D eigenvalue weighted by Gasteiger charge is 2.41. The number of carbonyl (C=O) groups is 2. The first kappa shape index (κ1) is 16.6. The number of amides is 1. The summed E-state index contributed by atoms with van der Waals surface area (Å²) in [5, 5.41) is 10.8. The smallest absolute Gasteiger partial charge is 0.326 e. The van der Waals surface area contributed by atoms with Crippen LogP contribution in [0.25, 0.3) is 10.9 Å². The first-order valence-electron chi connectivity index (χ1n) is 8.71. The van der Waals surface area contributed by atoms with Gasteiger partial charge in [0.2, 0.25) is 5.91 Å². The van der Waals surface area contributed by atoms with Crippen molar-refractivity contribution in [2.75, 3.05) is 0 Å². The summed E-state index contributed by atoms with van der Waals surface area (Å²) in [4.78, 5) is 29.5. The second-order valence-corrected chi connectivity index (χ2v) is 6.43. The fourth-order valence-corrected chi connectivity index (χ4v) is 3.79. The van der Waals surface area contributed by atoms with E-state index < -0.39 is 12.0 Å². The number of carboxylic acids is 1. The van der Waals surface area contributed by atoms with Crippen molar-refractivity contribution < 1.29 is 14.7 Å². The van der Waals surface area contributed by atoms with E-state index in [0.717, 1.165) is 41.4 Å². The molecule has 2 aromatic rings. The van der Waals surface area contributed by atoms with E-state index in [1.165, 1.54) is 0 Å². The van der Waals surface area contributed by atoms with E-state index in [2.05, 4.69) is 11.9 Å². The van der Waals surface area contributed by atoms with Gasteiger partial charge in [-0.3, -0.25) is 4.79 Å². The van der Waals surface area contributed by atoms with E-state index >= 15 is 0 Å². The van der Waals surface area contributed by atoms with Crippen molar-refractivity contribution in [3.63, 3.8) is 0 Å². The van der Waals surface area contributed by atoms with Crippen LogP contribution in [0.1, 0.15) is 56.8 Å². The topological polar surface area (TPSA) is 73.4 Å². The summed E-state index contributed by atoms with van der Waals surface area (Å²) in [5.74, 6) is -1.01. The van der Waals surface area contributed by atoms with Gasteiger partial charge in [-0.2, -0.15) is 0 Å². The number of fused-ring (bicyclic) bond motifs is 3. The van der Waals surface area contributed by atoms with Gasteiger partial charge in [-0.25, -0.2) is 4.79 Å². The molecule has 5 nitrogen and oxygen atoms in total. The zero-order chi connectivity index (χ0) is 17.3. The number of nitrogens with zero attached hydrogens (tertiary/aromatic N) is 1. The minimum Gasteiger partial charge on any atom is -0.480 e. The standard InChI is InChI=1S/C19H24N2O3/c1-3-5-10-15-18-13(12-8-6-7-9-14(12)20-18)11-16(19(23)24)21(15)17(22)4-2/h6-9,15-16,20H,3-5,10-11H2,1-2H3,(H,23,24)/t15-,16+/m1/s1. The molecule has 0 unspecified atom stereocenters. The number of para-hydroxylation sites is 1. The summed E-state index contributed by atoms with van der Waals surface area (Å²) in [7, 11) is 0. The normalized spacial score (nSPS) is 20.2. The van der Waals surface area contributed by atoms with Gasteiger partial charge >= 0.3 is 5.97 Å². The van der Waals surface area contributed by atoms with Crippen LogP contribution in [0.15, 0.2) is 24.3 Å². The molecule has 24 heavy (non-hydrogen) atoms. The van der Waals surface area contributed by atoms with Crippen molar-refractivity contribution in [1.82, 2.24) is 9.88 Å². The highest BCUT2D eigenvalue weighted by atomic mass is 16.4. The molecule has 0 saturated heterocycles. The highest BCUT2D eigenvalue weighted by Crippen LogP contribution is 2.40. The van der Waals surface area contributed by atoms with Crippen LogP contribution >= 0.6 is 0 Å². The molecule has 0 spiro atoms. The zero-order valence-corrected chi connectivity index (χ0v) is 14.2. The zero-order valence-electron chi connectivity index (χ0n) is 14.2. The lowest BCUT2D eigenvalue weighted by molar-refractivity contribution is -0.153. The maximum Gasteiger partial charge on any atom is 0.326 e. The molecule has 3 rings (SSSR count). The number of rotatable bonds is 5. The number of unbranched alkanes of at least 4 members (excludes halogenated alkanes) is 1. The van der Waals surface area contributed by atoms with E-state index in [1.807, 2.05) is 24.3 Å². The second-order valence-electron chi connectivity index (χ2n) is 6.43. The summed E-state index contributed by atoms with van der Waals surface area (Å²) in [6.45, 7) is 3.90. The number of carbonyl (C=O) groups excluding carboxylic acids is 1. The number of nitrogens with one attached hydrogen (secondary N) is 1.